The number of H-pyrrole nitrogens is 1. The molecule has 4 heteroatoms. The van der Waals surface area contributed by atoms with Crippen LogP contribution < -0.4 is 0 Å². The molecule has 2 heterocycles. The number of halogens is 1. The van der Waals surface area contributed by atoms with E-state index in [-0.39, 0.29) is 0 Å². The lowest BCUT2D eigenvalue weighted by Crippen LogP contribution is -1.81. The molecule has 0 saturated heterocycles. The summed E-state index contributed by atoms with van der Waals surface area (Å²) in [5.74, 6) is 0. The Labute approximate surface area is 82.3 Å². The van der Waals surface area contributed by atoms with Crippen LogP contribution in [0.1, 0.15) is 10.4 Å². The van der Waals surface area contributed by atoms with Gasteiger partial charge in [0.2, 0.25) is 0 Å². The number of fused-ring (bicyclic) bond motifs is 1. The van der Waals surface area contributed by atoms with Crippen LogP contribution in [0, 0.1) is 3.57 Å². The Morgan fingerprint density at radius 3 is 3.17 bits per heavy atom. The first-order chi connectivity index (χ1) is 5.83. The van der Waals surface area contributed by atoms with Crippen molar-refractivity contribution in [3.05, 3.63) is 27.6 Å². The predicted octanol–water partition coefficient (Wildman–Crippen LogP) is 1.98. The third kappa shape index (κ3) is 1.03. The van der Waals surface area contributed by atoms with Gasteiger partial charge < -0.3 is 4.98 Å². The summed E-state index contributed by atoms with van der Waals surface area (Å²) in [4.78, 5) is 17.6. The first kappa shape index (κ1) is 7.72. The number of hydrogen-bond donors (Lipinski definition) is 1. The van der Waals surface area contributed by atoms with E-state index < -0.39 is 0 Å². The van der Waals surface area contributed by atoms with E-state index in [1.165, 1.54) is 0 Å². The van der Waals surface area contributed by atoms with E-state index in [0.29, 0.717) is 5.56 Å². The van der Waals surface area contributed by atoms with Gasteiger partial charge in [-0.1, -0.05) is 0 Å². The Balaban J connectivity index is 2.91. The monoisotopic (exact) mass is 272 g/mol. The Hall–Kier alpha value is -0.910. The summed E-state index contributed by atoms with van der Waals surface area (Å²) in [5.41, 5.74) is 1.44. The zero-order chi connectivity index (χ0) is 8.55. The normalized spacial score (nSPS) is 10.4. The molecule has 0 aromatic carbocycles. The summed E-state index contributed by atoms with van der Waals surface area (Å²) in [7, 11) is 0. The molecule has 0 fully saturated rings. The van der Waals surface area contributed by atoms with Crippen LogP contribution in [0.4, 0.5) is 0 Å². The molecular weight excluding hydrogens is 267 g/mol. The molecule has 0 aliphatic carbocycles. The lowest BCUT2D eigenvalue weighted by molar-refractivity contribution is 0.112. The minimum absolute atomic E-state index is 0.669. The first-order valence-electron chi connectivity index (χ1n) is 3.39. The molecular formula is C8H5IN2O. The fourth-order valence-electron chi connectivity index (χ4n) is 1.13. The second-order valence-corrected chi connectivity index (χ2v) is 3.54. The number of rotatable bonds is 1. The molecule has 12 heavy (non-hydrogen) atoms. The van der Waals surface area contributed by atoms with Crippen molar-refractivity contribution in [2.45, 2.75) is 0 Å². The van der Waals surface area contributed by atoms with Crippen molar-refractivity contribution in [1.29, 1.82) is 0 Å². The van der Waals surface area contributed by atoms with Crippen LogP contribution in [0.5, 0.6) is 0 Å². The molecule has 3 nitrogen and oxygen atoms in total. The quantitative estimate of drug-likeness (QED) is 0.637. The van der Waals surface area contributed by atoms with Gasteiger partial charge in [-0.2, -0.15) is 0 Å². The van der Waals surface area contributed by atoms with E-state index in [4.69, 9.17) is 0 Å². The Bertz CT molecular complexity index is 436. The molecule has 2 rings (SSSR count). The Morgan fingerprint density at radius 2 is 2.42 bits per heavy atom. The minimum atomic E-state index is 0.669. The highest BCUT2D eigenvalue weighted by molar-refractivity contribution is 14.1. The van der Waals surface area contributed by atoms with Crippen LogP contribution in [0.2, 0.25) is 0 Å². The molecule has 0 aliphatic rings. The zero-order valence-corrected chi connectivity index (χ0v) is 8.20. The molecule has 0 bridgehead atoms. The maximum Gasteiger partial charge on any atom is 0.152 e. The van der Waals surface area contributed by atoms with Crippen molar-refractivity contribution in [1.82, 2.24) is 9.97 Å². The second kappa shape index (κ2) is 2.85. The van der Waals surface area contributed by atoms with E-state index in [1.54, 1.807) is 12.4 Å². The molecule has 60 valence electrons. The van der Waals surface area contributed by atoms with Crippen LogP contribution in [0.3, 0.4) is 0 Å². The number of carbonyl (C=O) groups excluding carboxylic acids is 1. The van der Waals surface area contributed by atoms with Crippen LogP contribution in [0.15, 0.2) is 18.5 Å². The molecule has 0 unspecified atom stereocenters. The van der Waals surface area contributed by atoms with Crippen molar-refractivity contribution < 1.29 is 4.79 Å². The SMILES string of the molecule is O=Cc1c[nH]c2nccc(I)c12. The number of pyridine rings is 1. The number of nitrogens with zero attached hydrogens (tertiary/aromatic N) is 1. The number of aromatic amines is 1. The Morgan fingerprint density at radius 1 is 1.58 bits per heavy atom. The summed E-state index contributed by atoms with van der Waals surface area (Å²) >= 11 is 2.18. The van der Waals surface area contributed by atoms with E-state index >= 15 is 0 Å². The summed E-state index contributed by atoms with van der Waals surface area (Å²) < 4.78 is 1.04. The average Bonchev–Trinajstić information content (AvgIpc) is 2.49. The molecule has 0 radical (unpaired) electrons. The summed E-state index contributed by atoms with van der Waals surface area (Å²) in [5, 5.41) is 0.910. The number of nitrogens with one attached hydrogen (secondary N) is 1. The summed E-state index contributed by atoms with van der Waals surface area (Å²) in [6, 6.07) is 1.88. The fourth-order valence-corrected chi connectivity index (χ4v) is 1.86. The van der Waals surface area contributed by atoms with E-state index in [9.17, 15) is 4.79 Å². The van der Waals surface area contributed by atoms with Crippen LogP contribution in [-0.2, 0) is 0 Å². The van der Waals surface area contributed by atoms with E-state index in [0.717, 1.165) is 20.9 Å². The maximum atomic E-state index is 10.6. The number of hydrogen-bond acceptors (Lipinski definition) is 2. The summed E-state index contributed by atoms with van der Waals surface area (Å²) in [6.07, 6.45) is 4.23. The van der Waals surface area contributed by atoms with E-state index in [2.05, 4.69) is 32.6 Å². The van der Waals surface area contributed by atoms with E-state index in [1.807, 2.05) is 6.07 Å². The largest absolute Gasteiger partial charge is 0.345 e. The van der Waals surface area contributed by atoms with Crippen molar-refractivity contribution in [2.24, 2.45) is 0 Å². The highest BCUT2D eigenvalue weighted by Crippen LogP contribution is 2.20. The third-order valence-electron chi connectivity index (χ3n) is 1.68. The zero-order valence-electron chi connectivity index (χ0n) is 6.04. The number of carbonyl (C=O) groups is 1. The molecule has 0 aliphatic heterocycles. The van der Waals surface area contributed by atoms with Crippen LogP contribution in [0.25, 0.3) is 11.0 Å². The van der Waals surface area contributed by atoms with Crippen molar-refractivity contribution in [2.75, 3.05) is 0 Å². The number of aromatic nitrogens is 2. The molecule has 0 saturated carbocycles. The first-order valence-corrected chi connectivity index (χ1v) is 4.47. The van der Waals surface area contributed by atoms with Crippen molar-refractivity contribution in [3.63, 3.8) is 0 Å². The smallest absolute Gasteiger partial charge is 0.152 e. The lowest BCUT2D eigenvalue weighted by Gasteiger charge is -1.92. The standard InChI is InChI=1S/C8H5IN2O/c9-6-1-2-10-8-7(6)5(4-12)3-11-8/h1-4H,(H,10,11). The molecule has 2 aromatic heterocycles. The van der Waals surface area contributed by atoms with Crippen LogP contribution in [-0.4, -0.2) is 16.3 Å². The Kier molecular flexibility index (Phi) is 1.84. The molecule has 2 aromatic rings. The van der Waals surface area contributed by atoms with Crippen LogP contribution >= 0.6 is 22.6 Å². The van der Waals surface area contributed by atoms with Gasteiger partial charge in [-0.15, -0.1) is 0 Å². The van der Waals surface area contributed by atoms with Crippen molar-refractivity contribution >= 4 is 39.9 Å². The fraction of sp³-hybridized carbons (Fsp3) is 0. The molecule has 0 atom stereocenters. The molecule has 0 spiro atoms. The average molecular weight is 272 g/mol. The van der Waals surface area contributed by atoms with Gasteiger partial charge in [0.05, 0.1) is 0 Å². The number of aldehydes is 1. The van der Waals surface area contributed by atoms with Gasteiger partial charge in [0.25, 0.3) is 0 Å². The van der Waals surface area contributed by atoms with Gasteiger partial charge in [-0.05, 0) is 28.7 Å². The predicted molar refractivity (Wildman–Crippen MR) is 54.2 cm³/mol. The van der Waals surface area contributed by atoms with Gasteiger partial charge in [-0.3, -0.25) is 4.79 Å². The maximum absolute atomic E-state index is 10.6. The highest BCUT2D eigenvalue weighted by Gasteiger charge is 2.05. The van der Waals surface area contributed by atoms with Crippen molar-refractivity contribution in [3.8, 4) is 0 Å². The highest BCUT2D eigenvalue weighted by atomic mass is 127. The van der Waals surface area contributed by atoms with Gasteiger partial charge in [0.15, 0.2) is 6.29 Å². The lowest BCUT2D eigenvalue weighted by atomic mass is 10.2. The second-order valence-electron chi connectivity index (χ2n) is 2.38. The molecule has 0 amide bonds. The molecule has 1 N–H and O–H groups in total. The van der Waals surface area contributed by atoms with Gasteiger partial charge in [0, 0.05) is 26.9 Å². The topological polar surface area (TPSA) is 45.8 Å². The van der Waals surface area contributed by atoms with Gasteiger partial charge in [0.1, 0.15) is 5.65 Å². The van der Waals surface area contributed by atoms with Gasteiger partial charge >= 0.3 is 0 Å². The minimum Gasteiger partial charge on any atom is -0.345 e. The van der Waals surface area contributed by atoms with Gasteiger partial charge in [-0.25, -0.2) is 4.98 Å². The third-order valence-corrected chi connectivity index (χ3v) is 2.58. The summed E-state index contributed by atoms with van der Waals surface area (Å²) in [6.45, 7) is 0.